The average Bonchev–Trinajstić information content (AvgIpc) is 2.67. The largest absolute Gasteiger partial charge is 0.508 e. The van der Waals surface area contributed by atoms with E-state index in [1.54, 1.807) is 24.3 Å². The SMILES string of the molecule is CCN(CCC#N)c1ccc(CN[C@H](C)[C@@H](O)c2ccc(O)cc2)c(C)c1. The summed E-state index contributed by atoms with van der Waals surface area (Å²) in [5.41, 5.74) is 4.27. The van der Waals surface area contributed by atoms with Crippen LogP contribution in [-0.4, -0.2) is 29.3 Å². The summed E-state index contributed by atoms with van der Waals surface area (Å²) in [5.74, 6) is 0.193. The van der Waals surface area contributed by atoms with E-state index < -0.39 is 6.10 Å². The molecular formula is C22H29N3O2. The Morgan fingerprint density at radius 3 is 2.48 bits per heavy atom. The van der Waals surface area contributed by atoms with Crippen molar-refractivity contribution in [3.8, 4) is 11.8 Å². The van der Waals surface area contributed by atoms with E-state index in [-0.39, 0.29) is 11.8 Å². The van der Waals surface area contributed by atoms with Crippen LogP contribution in [0.4, 0.5) is 5.69 Å². The molecule has 3 N–H and O–H groups in total. The van der Waals surface area contributed by atoms with E-state index in [0.29, 0.717) is 13.0 Å². The molecule has 0 aliphatic heterocycles. The van der Waals surface area contributed by atoms with Crippen LogP contribution in [-0.2, 0) is 6.54 Å². The normalized spacial score (nSPS) is 13.0. The predicted molar refractivity (Wildman–Crippen MR) is 109 cm³/mol. The standard InChI is InChI=1S/C22H29N3O2/c1-4-25(13-5-12-23)20-9-6-19(16(2)14-20)15-24-17(3)22(27)18-7-10-21(26)11-8-18/h6-11,14,17,22,24,26-27H,4-5,13,15H2,1-3H3/t17-,22-/m1/s1. The smallest absolute Gasteiger partial charge is 0.115 e. The Hall–Kier alpha value is -2.55. The number of aliphatic hydroxyl groups is 1. The van der Waals surface area contributed by atoms with Gasteiger partial charge in [-0.25, -0.2) is 0 Å². The molecule has 0 bridgehead atoms. The van der Waals surface area contributed by atoms with Crippen molar-refractivity contribution in [1.29, 1.82) is 5.26 Å². The van der Waals surface area contributed by atoms with Gasteiger partial charge in [-0.05, 0) is 61.7 Å². The van der Waals surface area contributed by atoms with Crippen LogP contribution in [0, 0.1) is 18.3 Å². The summed E-state index contributed by atoms with van der Waals surface area (Å²) >= 11 is 0. The first kappa shape index (κ1) is 20.8. The first-order valence-corrected chi connectivity index (χ1v) is 9.38. The van der Waals surface area contributed by atoms with Gasteiger partial charge in [0, 0.05) is 31.4 Å². The van der Waals surface area contributed by atoms with Crippen LogP contribution in [0.3, 0.4) is 0 Å². The highest BCUT2D eigenvalue weighted by molar-refractivity contribution is 5.51. The van der Waals surface area contributed by atoms with Gasteiger partial charge in [-0.15, -0.1) is 0 Å². The number of aliphatic hydroxyl groups excluding tert-OH is 1. The second kappa shape index (κ2) is 9.96. The number of rotatable bonds is 9. The van der Waals surface area contributed by atoms with Crippen LogP contribution >= 0.6 is 0 Å². The molecule has 0 saturated carbocycles. The zero-order valence-corrected chi connectivity index (χ0v) is 16.3. The summed E-state index contributed by atoms with van der Waals surface area (Å²) < 4.78 is 0. The predicted octanol–water partition coefficient (Wildman–Crippen LogP) is 3.65. The Kier molecular flexibility index (Phi) is 7.66. The van der Waals surface area contributed by atoms with Gasteiger partial charge in [0.15, 0.2) is 0 Å². The van der Waals surface area contributed by atoms with Crippen LogP contribution in [0.25, 0.3) is 0 Å². The van der Waals surface area contributed by atoms with Gasteiger partial charge in [0.05, 0.1) is 18.6 Å². The number of hydrogen-bond acceptors (Lipinski definition) is 5. The molecule has 2 aromatic carbocycles. The summed E-state index contributed by atoms with van der Waals surface area (Å²) in [6, 6.07) is 15.1. The molecule has 144 valence electrons. The Labute approximate surface area is 161 Å². The van der Waals surface area contributed by atoms with Crippen LogP contribution in [0.5, 0.6) is 5.75 Å². The van der Waals surface area contributed by atoms with E-state index in [9.17, 15) is 10.2 Å². The highest BCUT2D eigenvalue weighted by Gasteiger charge is 2.16. The molecule has 0 fully saturated rings. The minimum Gasteiger partial charge on any atom is -0.508 e. The van der Waals surface area contributed by atoms with E-state index in [1.165, 1.54) is 11.1 Å². The molecule has 0 aromatic heterocycles. The van der Waals surface area contributed by atoms with Gasteiger partial charge in [-0.3, -0.25) is 0 Å². The Morgan fingerprint density at radius 1 is 1.19 bits per heavy atom. The van der Waals surface area contributed by atoms with E-state index >= 15 is 0 Å². The maximum Gasteiger partial charge on any atom is 0.115 e. The summed E-state index contributed by atoms with van der Waals surface area (Å²) in [7, 11) is 0. The van der Waals surface area contributed by atoms with Crippen molar-refractivity contribution in [3.63, 3.8) is 0 Å². The van der Waals surface area contributed by atoms with Gasteiger partial charge in [-0.2, -0.15) is 5.26 Å². The molecule has 0 amide bonds. The third kappa shape index (κ3) is 5.72. The highest BCUT2D eigenvalue weighted by Crippen LogP contribution is 2.22. The summed E-state index contributed by atoms with van der Waals surface area (Å²) in [4.78, 5) is 2.20. The van der Waals surface area contributed by atoms with Crippen molar-refractivity contribution in [2.45, 2.75) is 45.9 Å². The lowest BCUT2D eigenvalue weighted by Crippen LogP contribution is -2.32. The summed E-state index contributed by atoms with van der Waals surface area (Å²) in [6.45, 7) is 8.39. The lowest BCUT2D eigenvalue weighted by atomic mass is 10.0. The molecule has 2 atom stereocenters. The fourth-order valence-corrected chi connectivity index (χ4v) is 3.07. The maximum absolute atomic E-state index is 10.5. The molecule has 0 heterocycles. The molecule has 5 heteroatoms. The number of aryl methyl sites for hydroxylation is 1. The molecule has 0 aliphatic carbocycles. The van der Waals surface area contributed by atoms with Crippen molar-refractivity contribution in [2.75, 3.05) is 18.0 Å². The fraction of sp³-hybridized carbons (Fsp3) is 0.409. The number of phenolic OH excluding ortho intramolecular Hbond substituents is 1. The maximum atomic E-state index is 10.5. The van der Waals surface area contributed by atoms with Crippen molar-refractivity contribution in [2.24, 2.45) is 0 Å². The highest BCUT2D eigenvalue weighted by atomic mass is 16.3. The van der Waals surface area contributed by atoms with E-state index in [1.807, 2.05) is 6.92 Å². The van der Waals surface area contributed by atoms with E-state index in [2.05, 4.69) is 48.3 Å². The number of phenols is 1. The molecule has 2 aromatic rings. The second-order valence-electron chi connectivity index (χ2n) is 6.80. The Bertz CT molecular complexity index is 768. The lowest BCUT2D eigenvalue weighted by molar-refractivity contribution is 0.135. The topological polar surface area (TPSA) is 79.5 Å². The van der Waals surface area contributed by atoms with Gasteiger partial charge < -0.3 is 20.4 Å². The molecule has 5 nitrogen and oxygen atoms in total. The minimum atomic E-state index is -0.647. The number of hydrogen-bond donors (Lipinski definition) is 3. The molecular weight excluding hydrogens is 338 g/mol. The zero-order valence-electron chi connectivity index (χ0n) is 16.3. The van der Waals surface area contributed by atoms with Crippen LogP contribution < -0.4 is 10.2 Å². The average molecular weight is 367 g/mol. The minimum absolute atomic E-state index is 0.128. The molecule has 0 saturated heterocycles. The third-order valence-electron chi connectivity index (χ3n) is 4.89. The van der Waals surface area contributed by atoms with Crippen molar-refractivity contribution >= 4 is 5.69 Å². The molecule has 0 spiro atoms. The van der Waals surface area contributed by atoms with E-state index in [0.717, 1.165) is 24.3 Å². The molecule has 27 heavy (non-hydrogen) atoms. The zero-order chi connectivity index (χ0) is 19.8. The molecule has 0 unspecified atom stereocenters. The van der Waals surface area contributed by atoms with Gasteiger partial charge >= 0.3 is 0 Å². The number of nitrogens with zero attached hydrogens (tertiary/aromatic N) is 2. The Morgan fingerprint density at radius 2 is 1.89 bits per heavy atom. The number of anilines is 1. The molecule has 0 aliphatic rings. The van der Waals surface area contributed by atoms with E-state index in [4.69, 9.17) is 5.26 Å². The quantitative estimate of drug-likeness (QED) is 0.630. The first-order valence-electron chi connectivity index (χ1n) is 9.38. The second-order valence-corrected chi connectivity index (χ2v) is 6.80. The fourth-order valence-electron chi connectivity index (χ4n) is 3.07. The number of aromatic hydroxyl groups is 1. The number of nitriles is 1. The Balaban J connectivity index is 1.98. The van der Waals surface area contributed by atoms with Crippen molar-refractivity contribution in [3.05, 3.63) is 59.2 Å². The number of nitrogens with one attached hydrogen (secondary N) is 1. The molecule has 0 radical (unpaired) electrons. The summed E-state index contributed by atoms with van der Waals surface area (Å²) in [6.07, 6.45) is -0.130. The summed E-state index contributed by atoms with van der Waals surface area (Å²) in [5, 5.41) is 32.0. The van der Waals surface area contributed by atoms with Crippen molar-refractivity contribution in [1.82, 2.24) is 5.32 Å². The monoisotopic (exact) mass is 367 g/mol. The molecule has 2 rings (SSSR count). The van der Waals surface area contributed by atoms with Gasteiger partial charge in [0.25, 0.3) is 0 Å². The van der Waals surface area contributed by atoms with Gasteiger partial charge in [0.2, 0.25) is 0 Å². The number of benzene rings is 2. The first-order chi connectivity index (χ1) is 13.0. The van der Waals surface area contributed by atoms with Crippen molar-refractivity contribution < 1.29 is 10.2 Å². The van der Waals surface area contributed by atoms with Gasteiger partial charge in [0.1, 0.15) is 5.75 Å². The third-order valence-corrected chi connectivity index (χ3v) is 4.89. The van der Waals surface area contributed by atoms with Crippen LogP contribution in [0.15, 0.2) is 42.5 Å². The lowest BCUT2D eigenvalue weighted by Gasteiger charge is -2.24. The van der Waals surface area contributed by atoms with Crippen LogP contribution in [0.1, 0.15) is 43.1 Å². The van der Waals surface area contributed by atoms with Crippen LogP contribution in [0.2, 0.25) is 0 Å². The van der Waals surface area contributed by atoms with Gasteiger partial charge in [-0.1, -0.05) is 18.2 Å².